The largest absolute Gasteiger partial charge is 0.360 e. The Kier molecular flexibility index (Phi) is 5.62. The Morgan fingerprint density at radius 2 is 1.75 bits per heavy atom. The maximum absolute atomic E-state index is 12.3. The van der Waals surface area contributed by atoms with E-state index in [2.05, 4.69) is 10.6 Å². The molecule has 122 valence electrons. The molecule has 2 aromatic carbocycles. The van der Waals surface area contributed by atoms with Gasteiger partial charge in [0.15, 0.2) is 0 Å². The van der Waals surface area contributed by atoms with E-state index in [1.54, 1.807) is 12.1 Å². The van der Waals surface area contributed by atoms with Crippen LogP contribution in [0.4, 0.5) is 11.4 Å². The predicted octanol–water partition coefficient (Wildman–Crippen LogP) is 4.72. The molecule has 0 aliphatic carbocycles. The molecule has 2 rings (SSSR count). The normalized spacial score (nSPS) is 10.9. The SMILES string of the molecule is Cc1ccc(C)c(N/C=C(/C#N)C(=O)Nc2cc(Cl)ccc2C)c1. The molecule has 0 heterocycles. The average Bonchev–Trinajstić information content (AvgIpc) is 2.54. The first-order valence-electron chi connectivity index (χ1n) is 7.42. The number of carbonyl (C=O) groups excluding carboxylic acids is 1. The highest BCUT2D eigenvalue weighted by molar-refractivity contribution is 6.31. The van der Waals surface area contributed by atoms with Crippen molar-refractivity contribution in [2.24, 2.45) is 0 Å². The van der Waals surface area contributed by atoms with Crippen molar-refractivity contribution in [3.63, 3.8) is 0 Å². The molecule has 24 heavy (non-hydrogen) atoms. The summed E-state index contributed by atoms with van der Waals surface area (Å²) in [5.74, 6) is -0.485. The van der Waals surface area contributed by atoms with Crippen molar-refractivity contribution in [2.75, 3.05) is 10.6 Å². The number of hydrogen-bond acceptors (Lipinski definition) is 3. The summed E-state index contributed by atoms with van der Waals surface area (Å²) in [4.78, 5) is 12.3. The smallest absolute Gasteiger partial charge is 0.267 e. The molecule has 0 radical (unpaired) electrons. The fourth-order valence-corrected chi connectivity index (χ4v) is 2.28. The maximum atomic E-state index is 12.3. The van der Waals surface area contributed by atoms with Gasteiger partial charge in [0.2, 0.25) is 0 Å². The number of nitriles is 1. The minimum absolute atomic E-state index is 0.0183. The summed E-state index contributed by atoms with van der Waals surface area (Å²) in [6.07, 6.45) is 1.41. The first-order chi connectivity index (χ1) is 11.4. The lowest BCUT2D eigenvalue weighted by molar-refractivity contribution is -0.112. The second-order valence-corrected chi connectivity index (χ2v) is 5.98. The Labute approximate surface area is 146 Å². The number of halogens is 1. The highest BCUT2D eigenvalue weighted by atomic mass is 35.5. The van der Waals surface area contributed by atoms with Crippen LogP contribution in [0.5, 0.6) is 0 Å². The van der Waals surface area contributed by atoms with Gasteiger partial charge >= 0.3 is 0 Å². The Hall–Kier alpha value is -2.77. The Balaban J connectivity index is 2.18. The van der Waals surface area contributed by atoms with E-state index < -0.39 is 5.91 Å². The van der Waals surface area contributed by atoms with Gasteiger partial charge in [-0.1, -0.05) is 29.8 Å². The van der Waals surface area contributed by atoms with Crippen molar-refractivity contribution in [3.8, 4) is 6.07 Å². The third-order valence-electron chi connectivity index (χ3n) is 3.58. The Bertz CT molecular complexity index is 850. The van der Waals surface area contributed by atoms with Crippen molar-refractivity contribution < 1.29 is 4.79 Å². The van der Waals surface area contributed by atoms with Gasteiger partial charge in [-0.3, -0.25) is 4.79 Å². The molecule has 0 unspecified atom stereocenters. The molecular formula is C19H18ClN3O. The molecule has 0 aromatic heterocycles. The Morgan fingerprint density at radius 3 is 2.46 bits per heavy atom. The number of benzene rings is 2. The first-order valence-corrected chi connectivity index (χ1v) is 7.80. The molecular weight excluding hydrogens is 322 g/mol. The van der Waals surface area contributed by atoms with Gasteiger partial charge in [0.25, 0.3) is 5.91 Å². The van der Waals surface area contributed by atoms with E-state index in [0.717, 1.165) is 22.4 Å². The van der Waals surface area contributed by atoms with Crippen molar-refractivity contribution in [1.82, 2.24) is 0 Å². The summed E-state index contributed by atoms with van der Waals surface area (Å²) in [5, 5.41) is 15.5. The average molecular weight is 340 g/mol. The number of amides is 1. The minimum atomic E-state index is -0.485. The van der Waals surface area contributed by atoms with Crippen molar-refractivity contribution in [2.45, 2.75) is 20.8 Å². The van der Waals surface area contributed by atoms with E-state index >= 15 is 0 Å². The van der Waals surface area contributed by atoms with E-state index in [0.29, 0.717) is 10.7 Å². The standard InChI is InChI=1S/C19H18ClN3O/c1-12-4-5-13(2)17(8-12)22-11-15(10-21)19(24)23-18-9-16(20)7-6-14(18)3/h4-9,11,22H,1-3H3,(H,23,24)/b15-11-. The zero-order valence-electron chi connectivity index (χ0n) is 13.8. The summed E-state index contributed by atoms with van der Waals surface area (Å²) in [6.45, 7) is 5.79. The van der Waals surface area contributed by atoms with Gasteiger partial charge in [-0.05, 0) is 55.7 Å². The van der Waals surface area contributed by atoms with Crippen LogP contribution >= 0.6 is 11.6 Å². The second-order valence-electron chi connectivity index (χ2n) is 5.55. The van der Waals surface area contributed by atoms with E-state index in [1.165, 1.54) is 6.20 Å². The summed E-state index contributed by atoms with van der Waals surface area (Å²) >= 11 is 5.94. The maximum Gasteiger partial charge on any atom is 0.267 e. The lowest BCUT2D eigenvalue weighted by Gasteiger charge is -2.09. The van der Waals surface area contributed by atoms with Crippen LogP contribution in [-0.4, -0.2) is 5.91 Å². The van der Waals surface area contributed by atoms with E-state index in [-0.39, 0.29) is 5.57 Å². The number of anilines is 2. The zero-order valence-corrected chi connectivity index (χ0v) is 14.5. The first kappa shape index (κ1) is 17.6. The minimum Gasteiger partial charge on any atom is -0.360 e. The number of nitrogens with one attached hydrogen (secondary N) is 2. The van der Waals surface area contributed by atoms with Crippen molar-refractivity contribution in [1.29, 1.82) is 5.26 Å². The highest BCUT2D eigenvalue weighted by Crippen LogP contribution is 2.21. The van der Waals surface area contributed by atoms with Crippen LogP contribution in [0.15, 0.2) is 48.2 Å². The topological polar surface area (TPSA) is 64.9 Å². The number of aryl methyl sites for hydroxylation is 3. The third kappa shape index (κ3) is 4.37. The van der Waals surface area contributed by atoms with Crippen LogP contribution in [0.1, 0.15) is 16.7 Å². The van der Waals surface area contributed by atoms with E-state index in [1.807, 2.05) is 51.1 Å². The number of rotatable bonds is 4. The zero-order chi connectivity index (χ0) is 17.7. The predicted molar refractivity (Wildman–Crippen MR) is 98.1 cm³/mol. The van der Waals surface area contributed by atoms with Crippen LogP contribution in [0.2, 0.25) is 5.02 Å². The van der Waals surface area contributed by atoms with Crippen LogP contribution in [0, 0.1) is 32.1 Å². The van der Waals surface area contributed by atoms with Crippen LogP contribution in [0.25, 0.3) is 0 Å². The molecule has 1 amide bonds. The van der Waals surface area contributed by atoms with Crippen LogP contribution < -0.4 is 10.6 Å². The van der Waals surface area contributed by atoms with Gasteiger partial charge in [0, 0.05) is 22.6 Å². The molecule has 0 atom stereocenters. The van der Waals surface area contributed by atoms with Gasteiger partial charge in [-0.25, -0.2) is 0 Å². The monoisotopic (exact) mass is 339 g/mol. The summed E-state index contributed by atoms with van der Waals surface area (Å²) < 4.78 is 0. The summed E-state index contributed by atoms with van der Waals surface area (Å²) in [7, 11) is 0. The molecule has 0 fully saturated rings. The summed E-state index contributed by atoms with van der Waals surface area (Å²) in [6, 6.07) is 13.1. The van der Waals surface area contributed by atoms with Gasteiger partial charge in [0.1, 0.15) is 11.6 Å². The van der Waals surface area contributed by atoms with E-state index in [4.69, 9.17) is 11.6 Å². The van der Waals surface area contributed by atoms with Gasteiger partial charge < -0.3 is 10.6 Å². The lowest BCUT2D eigenvalue weighted by atomic mass is 10.1. The molecule has 0 aliphatic heterocycles. The lowest BCUT2D eigenvalue weighted by Crippen LogP contribution is -2.15. The molecule has 0 aliphatic rings. The molecule has 5 heteroatoms. The fraction of sp³-hybridized carbons (Fsp3) is 0.158. The third-order valence-corrected chi connectivity index (χ3v) is 3.81. The molecule has 4 nitrogen and oxygen atoms in total. The molecule has 2 N–H and O–H groups in total. The van der Waals surface area contributed by atoms with Gasteiger partial charge in [0.05, 0.1) is 0 Å². The molecule has 0 bridgehead atoms. The van der Waals surface area contributed by atoms with Gasteiger partial charge in [-0.15, -0.1) is 0 Å². The second kappa shape index (κ2) is 7.67. The quantitative estimate of drug-likeness (QED) is 0.625. The number of carbonyl (C=O) groups is 1. The molecule has 2 aromatic rings. The molecule has 0 saturated carbocycles. The Morgan fingerprint density at radius 1 is 1.08 bits per heavy atom. The number of hydrogen-bond donors (Lipinski definition) is 2. The molecule has 0 saturated heterocycles. The van der Waals surface area contributed by atoms with Crippen molar-refractivity contribution >= 4 is 28.9 Å². The fourth-order valence-electron chi connectivity index (χ4n) is 2.11. The highest BCUT2D eigenvalue weighted by Gasteiger charge is 2.11. The number of nitrogens with zero attached hydrogens (tertiary/aromatic N) is 1. The van der Waals surface area contributed by atoms with E-state index in [9.17, 15) is 10.1 Å². The molecule has 0 spiro atoms. The van der Waals surface area contributed by atoms with Crippen LogP contribution in [-0.2, 0) is 4.79 Å². The van der Waals surface area contributed by atoms with Gasteiger partial charge in [-0.2, -0.15) is 5.26 Å². The van der Waals surface area contributed by atoms with Crippen LogP contribution in [0.3, 0.4) is 0 Å². The van der Waals surface area contributed by atoms with Crippen molar-refractivity contribution in [3.05, 3.63) is 69.9 Å². The summed E-state index contributed by atoms with van der Waals surface area (Å²) in [5.41, 5.74) is 4.41.